The van der Waals surface area contributed by atoms with Crippen molar-refractivity contribution in [3.8, 4) is 73.2 Å². The molecule has 0 aliphatic heterocycles. The summed E-state index contributed by atoms with van der Waals surface area (Å²) in [6, 6.07) is 73.7. The van der Waals surface area contributed by atoms with Gasteiger partial charge in [0.05, 0.1) is 11.0 Å². The van der Waals surface area contributed by atoms with Crippen molar-refractivity contribution in [2.24, 2.45) is 17.8 Å². The Morgan fingerprint density at radius 3 is 1.65 bits per heavy atom. The lowest BCUT2D eigenvalue weighted by atomic mass is 9.48. The third-order valence-electron chi connectivity index (χ3n) is 17.6. The Kier molecular flexibility index (Phi) is 9.16. The molecule has 9 aromatic carbocycles. The van der Waals surface area contributed by atoms with Crippen molar-refractivity contribution in [2.45, 2.75) is 63.2 Å². The predicted octanol–water partition coefficient (Wildman–Crippen LogP) is 17.2. The zero-order valence-corrected chi connectivity index (χ0v) is 40.8. The highest BCUT2D eigenvalue weighted by Gasteiger charge is 2.51. The summed E-state index contributed by atoms with van der Waals surface area (Å²) in [7, 11) is 0. The lowest BCUT2D eigenvalue weighted by molar-refractivity contribution is -0.00518. The predicted molar refractivity (Wildman–Crippen MR) is 296 cm³/mol. The molecule has 0 saturated heterocycles. The van der Waals surface area contributed by atoms with Crippen LogP contribution in [0.4, 0.5) is 0 Å². The lowest BCUT2D eigenvalue weighted by Gasteiger charge is -2.57. The number of fused-ring (bicyclic) bond motifs is 8. The van der Waals surface area contributed by atoms with Crippen molar-refractivity contribution in [3.63, 3.8) is 0 Å². The number of aromatic nitrogens is 4. The first-order valence-corrected chi connectivity index (χ1v) is 26.2. The molecule has 2 heterocycles. The maximum absolute atomic E-state index is 5.60. The van der Waals surface area contributed by atoms with Crippen molar-refractivity contribution in [3.05, 3.63) is 217 Å². The molecule has 0 unspecified atom stereocenters. The molecule has 0 spiro atoms. The summed E-state index contributed by atoms with van der Waals surface area (Å²) >= 11 is 0. The van der Waals surface area contributed by atoms with Crippen LogP contribution in [-0.4, -0.2) is 19.5 Å². The van der Waals surface area contributed by atoms with E-state index in [1.165, 1.54) is 82.5 Å². The van der Waals surface area contributed by atoms with Crippen LogP contribution in [0.1, 0.15) is 69.1 Å². The number of hydrogen-bond donors (Lipinski definition) is 0. The van der Waals surface area contributed by atoms with Crippen LogP contribution in [0.25, 0.3) is 106 Å². The van der Waals surface area contributed by atoms with Crippen molar-refractivity contribution < 1.29 is 0 Å². The van der Waals surface area contributed by atoms with Crippen molar-refractivity contribution in [2.75, 3.05) is 0 Å². The molecule has 4 heteroatoms. The molecule has 4 saturated carbocycles. The summed E-state index contributed by atoms with van der Waals surface area (Å²) in [4.78, 5) is 16.7. The standard InChI is InChI=1S/C68H54N4/c1-67(2)59-23-13-11-22-57(59)63-56-21-10-9-19-53(56)58(38-60(63)67)66-70-64(47-27-30-55-54-20-12-14-24-61(54)72(62(55)37-47)52-17-7-4-8-18-52)69-65(71-66)50-35-48(45-15-5-3-6-16-45)34-49(36-50)46-25-28-51(29-26-46)68-39-42-31-43(40-68)33-44(32-42)41-68/h3-30,34-38,42-44H,31-33,39-41H2,1-2H3. The van der Waals surface area contributed by atoms with Gasteiger partial charge in [0.1, 0.15) is 0 Å². The summed E-state index contributed by atoms with van der Waals surface area (Å²) in [6.45, 7) is 4.71. The van der Waals surface area contributed by atoms with E-state index >= 15 is 0 Å². The molecule has 5 aliphatic carbocycles. The molecule has 5 aliphatic rings. The highest BCUT2D eigenvalue weighted by molar-refractivity contribution is 6.11. The molecule has 11 aromatic rings. The van der Waals surface area contributed by atoms with Crippen LogP contribution in [0, 0.1) is 17.8 Å². The number of hydrogen-bond acceptors (Lipinski definition) is 3. The first kappa shape index (κ1) is 41.8. The molecule has 4 nitrogen and oxygen atoms in total. The fourth-order valence-electron chi connectivity index (χ4n) is 14.7. The molecule has 346 valence electrons. The van der Waals surface area contributed by atoms with Crippen LogP contribution in [0.5, 0.6) is 0 Å². The van der Waals surface area contributed by atoms with Crippen LogP contribution in [0.2, 0.25) is 0 Å². The average Bonchev–Trinajstić information content (AvgIpc) is 3.88. The van der Waals surface area contributed by atoms with Gasteiger partial charge < -0.3 is 4.57 Å². The Labute approximate surface area is 421 Å². The Bertz CT molecular complexity index is 3940. The minimum atomic E-state index is -0.219. The van der Waals surface area contributed by atoms with Gasteiger partial charge in [-0.05, 0) is 171 Å². The van der Waals surface area contributed by atoms with Crippen molar-refractivity contribution >= 4 is 32.6 Å². The van der Waals surface area contributed by atoms with E-state index in [1.54, 1.807) is 5.56 Å². The quantitative estimate of drug-likeness (QED) is 0.160. The number of rotatable bonds is 7. The molecule has 2 aromatic heterocycles. The molecule has 0 amide bonds. The van der Waals surface area contributed by atoms with Crippen LogP contribution < -0.4 is 0 Å². The molecule has 4 fully saturated rings. The SMILES string of the molecule is CC1(C)c2ccccc2-c2c1cc(-c1nc(-c3cc(-c4ccccc4)cc(-c4ccc(C56CC7CC(CC(C7)C5)C6)cc4)c3)nc(-c3ccc4c5ccccc5n(-c5ccccc5)c4c3)n1)c1ccccc21. The topological polar surface area (TPSA) is 43.6 Å². The second-order valence-electron chi connectivity index (χ2n) is 22.2. The zero-order chi connectivity index (χ0) is 47.7. The lowest BCUT2D eigenvalue weighted by Crippen LogP contribution is -2.48. The molecule has 0 N–H and O–H groups in total. The summed E-state index contributed by atoms with van der Waals surface area (Å²) in [5.41, 5.74) is 17.9. The second kappa shape index (κ2) is 15.8. The average molecular weight is 927 g/mol. The highest BCUT2D eigenvalue weighted by Crippen LogP contribution is 2.61. The number of para-hydroxylation sites is 2. The number of nitrogens with zero attached hydrogens (tertiary/aromatic N) is 4. The molecule has 72 heavy (non-hydrogen) atoms. The third-order valence-corrected chi connectivity index (χ3v) is 17.6. The van der Waals surface area contributed by atoms with Crippen LogP contribution in [-0.2, 0) is 10.8 Å². The molecule has 0 atom stereocenters. The van der Waals surface area contributed by atoms with Gasteiger partial charge in [0, 0.05) is 38.6 Å². The summed E-state index contributed by atoms with van der Waals surface area (Å²) in [5, 5.41) is 4.74. The van der Waals surface area contributed by atoms with E-state index in [1.807, 2.05) is 0 Å². The van der Waals surface area contributed by atoms with E-state index in [4.69, 9.17) is 15.0 Å². The number of benzene rings is 9. The fraction of sp³-hybridized carbons (Fsp3) is 0.191. The fourth-order valence-corrected chi connectivity index (χ4v) is 14.7. The smallest absolute Gasteiger partial charge is 0.164 e. The monoisotopic (exact) mass is 926 g/mol. The van der Waals surface area contributed by atoms with Gasteiger partial charge in [0.25, 0.3) is 0 Å². The largest absolute Gasteiger partial charge is 0.309 e. The van der Waals surface area contributed by atoms with Crippen molar-refractivity contribution in [1.29, 1.82) is 0 Å². The van der Waals surface area contributed by atoms with E-state index in [0.717, 1.165) is 73.2 Å². The van der Waals surface area contributed by atoms with E-state index in [0.29, 0.717) is 22.9 Å². The first-order chi connectivity index (χ1) is 35.3. The van der Waals surface area contributed by atoms with Gasteiger partial charge in [0.15, 0.2) is 17.5 Å². The van der Waals surface area contributed by atoms with Gasteiger partial charge >= 0.3 is 0 Å². The van der Waals surface area contributed by atoms with Crippen molar-refractivity contribution in [1.82, 2.24) is 19.5 Å². The molecule has 16 rings (SSSR count). The first-order valence-electron chi connectivity index (χ1n) is 26.2. The Balaban J connectivity index is 0.949. The van der Waals surface area contributed by atoms with Crippen LogP contribution >= 0.6 is 0 Å². The maximum atomic E-state index is 5.60. The minimum Gasteiger partial charge on any atom is -0.309 e. The normalized spacial score (nSPS) is 20.3. The summed E-state index contributed by atoms with van der Waals surface area (Å²) in [5.74, 6) is 4.67. The van der Waals surface area contributed by atoms with E-state index in [9.17, 15) is 0 Å². The Morgan fingerprint density at radius 2 is 0.931 bits per heavy atom. The van der Waals surface area contributed by atoms with E-state index < -0.39 is 0 Å². The zero-order valence-electron chi connectivity index (χ0n) is 40.8. The summed E-state index contributed by atoms with van der Waals surface area (Å²) in [6.07, 6.45) is 8.45. The molecular weight excluding hydrogens is 873 g/mol. The molecule has 0 radical (unpaired) electrons. The van der Waals surface area contributed by atoms with Crippen LogP contribution in [0.15, 0.2) is 200 Å². The molecular formula is C68H54N4. The van der Waals surface area contributed by atoms with Gasteiger partial charge in [0.2, 0.25) is 0 Å². The van der Waals surface area contributed by atoms with Gasteiger partial charge in [-0.3, -0.25) is 0 Å². The van der Waals surface area contributed by atoms with Gasteiger partial charge in [-0.15, -0.1) is 0 Å². The third kappa shape index (κ3) is 6.47. The second-order valence-corrected chi connectivity index (χ2v) is 22.2. The van der Waals surface area contributed by atoms with Gasteiger partial charge in [-0.1, -0.05) is 166 Å². The Hall–Kier alpha value is -7.95. The van der Waals surface area contributed by atoms with Gasteiger partial charge in [-0.25, -0.2) is 15.0 Å². The maximum Gasteiger partial charge on any atom is 0.164 e. The molecule has 4 bridgehead atoms. The highest BCUT2D eigenvalue weighted by atomic mass is 15.0. The minimum absolute atomic E-state index is 0.219. The summed E-state index contributed by atoms with van der Waals surface area (Å²) < 4.78 is 2.37. The van der Waals surface area contributed by atoms with E-state index in [2.05, 4.69) is 219 Å². The van der Waals surface area contributed by atoms with Gasteiger partial charge in [-0.2, -0.15) is 0 Å². The Morgan fingerprint density at radius 1 is 0.389 bits per heavy atom. The van der Waals surface area contributed by atoms with E-state index in [-0.39, 0.29) is 5.41 Å². The van der Waals surface area contributed by atoms with Crippen LogP contribution in [0.3, 0.4) is 0 Å².